The second kappa shape index (κ2) is 14.9. The van der Waals surface area contributed by atoms with Crippen LogP contribution >= 0.6 is 0 Å². The van der Waals surface area contributed by atoms with Crippen LogP contribution in [0.2, 0.25) is 0 Å². The Morgan fingerprint density at radius 1 is 0.283 bits per heavy atom. The van der Waals surface area contributed by atoms with E-state index >= 15 is 0 Å². The van der Waals surface area contributed by atoms with Crippen molar-refractivity contribution in [3.05, 3.63) is 271 Å². The number of nitrogens with zero attached hydrogens (tertiary/aromatic N) is 1. The van der Waals surface area contributed by atoms with Crippen molar-refractivity contribution >= 4 is 27.8 Å². The Labute approximate surface area is 352 Å². The molecule has 60 heavy (non-hydrogen) atoms. The van der Waals surface area contributed by atoms with Crippen LogP contribution in [0.25, 0.3) is 55.3 Å². The summed E-state index contributed by atoms with van der Waals surface area (Å²) >= 11 is 0. The smallest absolute Gasteiger partial charge is 0.0713 e. The summed E-state index contributed by atoms with van der Waals surface area (Å²) in [6.45, 7) is 0. The monoisotopic (exact) mass is 763 g/mol. The summed E-state index contributed by atoms with van der Waals surface area (Å²) in [5, 5.41) is 2.47. The average molecular weight is 764 g/mol. The topological polar surface area (TPSA) is 3.24 Å². The number of rotatable bonds is 8. The number of para-hydroxylation sites is 2. The van der Waals surface area contributed by atoms with Gasteiger partial charge in [0.15, 0.2) is 0 Å². The van der Waals surface area contributed by atoms with Crippen LogP contribution in [0, 0.1) is 0 Å². The molecule has 1 nitrogen and oxygen atoms in total. The highest BCUT2D eigenvalue weighted by Crippen LogP contribution is 2.58. The SMILES string of the molecule is c1ccc(-c2cccc3cccc(-c4ccccc4N(c4ccccc4)c4ccc(-c5cccc6c5-c5ccccc5C6(c5ccccc5)c5ccccc5)cc4)c23)cc1. The summed E-state index contributed by atoms with van der Waals surface area (Å²) in [6, 6.07) is 90.8. The normalized spacial score (nSPS) is 12.5. The van der Waals surface area contributed by atoms with Crippen molar-refractivity contribution in [2.75, 3.05) is 4.90 Å². The van der Waals surface area contributed by atoms with Gasteiger partial charge in [0.25, 0.3) is 0 Å². The maximum Gasteiger partial charge on any atom is 0.0713 e. The molecule has 0 amide bonds. The molecule has 10 aromatic rings. The molecule has 0 N–H and O–H groups in total. The van der Waals surface area contributed by atoms with Crippen molar-refractivity contribution in [2.24, 2.45) is 0 Å². The summed E-state index contributed by atoms with van der Waals surface area (Å²) < 4.78 is 0. The zero-order valence-corrected chi connectivity index (χ0v) is 33.1. The van der Waals surface area contributed by atoms with E-state index < -0.39 is 5.41 Å². The molecule has 0 atom stereocenters. The Kier molecular flexibility index (Phi) is 8.79. The molecule has 1 aliphatic carbocycles. The van der Waals surface area contributed by atoms with Crippen molar-refractivity contribution in [1.82, 2.24) is 0 Å². The third kappa shape index (κ3) is 5.70. The van der Waals surface area contributed by atoms with Gasteiger partial charge in [0.1, 0.15) is 0 Å². The first-order valence-electron chi connectivity index (χ1n) is 20.8. The fourth-order valence-electron chi connectivity index (χ4n) is 9.85. The van der Waals surface area contributed by atoms with E-state index in [0.29, 0.717) is 0 Å². The number of fused-ring (bicyclic) bond motifs is 4. The van der Waals surface area contributed by atoms with Crippen molar-refractivity contribution in [3.63, 3.8) is 0 Å². The van der Waals surface area contributed by atoms with Gasteiger partial charge in [-0.3, -0.25) is 0 Å². The number of hydrogen-bond donors (Lipinski definition) is 0. The standard InChI is InChI=1S/C59H41N/c1-5-20-42(21-6-1)49-32-17-22-44-23-18-34-52(57(44)49)51-30-14-16-37-56(51)60(47-28-11-4-12-29-47)48-40-38-43(39-41-48)50-33-19-36-55-58(50)53-31-13-15-35-54(53)59(55,45-24-7-2-8-25-45)46-26-9-3-10-27-46/h1-41H. The fraction of sp³-hybridized carbons (Fsp3) is 0.0169. The van der Waals surface area contributed by atoms with E-state index in [-0.39, 0.29) is 0 Å². The van der Waals surface area contributed by atoms with Crippen LogP contribution in [-0.4, -0.2) is 0 Å². The number of anilines is 3. The van der Waals surface area contributed by atoms with Crippen LogP contribution < -0.4 is 4.90 Å². The lowest BCUT2D eigenvalue weighted by Crippen LogP contribution is -2.28. The highest BCUT2D eigenvalue weighted by Gasteiger charge is 2.46. The lowest BCUT2D eigenvalue weighted by atomic mass is 9.67. The predicted molar refractivity (Wildman–Crippen MR) is 252 cm³/mol. The van der Waals surface area contributed by atoms with Crippen molar-refractivity contribution < 1.29 is 0 Å². The van der Waals surface area contributed by atoms with Gasteiger partial charge in [-0.25, -0.2) is 0 Å². The first kappa shape index (κ1) is 35.4. The summed E-state index contributed by atoms with van der Waals surface area (Å²) in [5.41, 5.74) is 17.9. The Morgan fingerprint density at radius 3 is 1.43 bits per heavy atom. The van der Waals surface area contributed by atoms with E-state index in [1.165, 1.54) is 77.5 Å². The zero-order chi connectivity index (χ0) is 39.9. The molecule has 0 heterocycles. The largest absolute Gasteiger partial charge is 0.310 e. The summed E-state index contributed by atoms with van der Waals surface area (Å²) in [5.74, 6) is 0. The minimum atomic E-state index is -0.444. The van der Waals surface area contributed by atoms with Gasteiger partial charge < -0.3 is 4.90 Å². The predicted octanol–water partition coefficient (Wildman–Crippen LogP) is 15.7. The third-order valence-electron chi connectivity index (χ3n) is 12.4. The molecule has 0 fully saturated rings. The van der Waals surface area contributed by atoms with Gasteiger partial charge in [-0.2, -0.15) is 0 Å². The maximum atomic E-state index is 2.41. The average Bonchev–Trinajstić information content (AvgIpc) is 3.64. The Balaban J connectivity index is 1.08. The van der Waals surface area contributed by atoms with E-state index in [1.807, 2.05) is 0 Å². The van der Waals surface area contributed by atoms with E-state index in [2.05, 4.69) is 254 Å². The summed E-state index contributed by atoms with van der Waals surface area (Å²) in [4.78, 5) is 2.41. The first-order valence-corrected chi connectivity index (χ1v) is 20.8. The molecule has 0 spiro atoms. The number of benzene rings is 10. The van der Waals surface area contributed by atoms with Crippen molar-refractivity contribution in [1.29, 1.82) is 0 Å². The molecule has 0 aliphatic heterocycles. The van der Waals surface area contributed by atoms with Crippen molar-refractivity contribution in [3.8, 4) is 44.5 Å². The molecule has 0 saturated heterocycles. The van der Waals surface area contributed by atoms with Gasteiger partial charge in [0, 0.05) is 16.9 Å². The molecule has 0 radical (unpaired) electrons. The Morgan fingerprint density at radius 2 is 0.750 bits per heavy atom. The quantitative estimate of drug-likeness (QED) is 0.149. The lowest BCUT2D eigenvalue weighted by molar-refractivity contribution is 0.768. The Hall–Kier alpha value is -7.74. The van der Waals surface area contributed by atoms with Gasteiger partial charge >= 0.3 is 0 Å². The summed E-state index contributed by atoms with van der Waals surface area (Å²) in [7, 11) is 0. The van der Waals surface area contributed by atoms with E-state index in [0.717, 1.165) is 17.1 Å². The molecule has 0 aromatic heterocycles. The first-order chi connectivity index (χ1) is 29.8. The van der Waals surface area contributed by atoms with Crippen LogP contribution in [0.1, 0.15) is 22.3 Å². The van der Waals surface area contributed by atoms with Gasteiger partial charge in [-0.1, -0.05) is 218 Å². The third-order valence-corrected chi connectivity index (χ3v) is 12.4. The van der Waals surface area contributed by atoms with Crippen molar-refractivity contribution in [2.45, 2.75) is 5.41 Å². The lowest BCUT2D eigenvalue weighted by Gasteiger charge is -2.34. The molecule has 1 aliphatic rings. The minimum Gasteiger partial charge on any atom is -0.310 e. The molecule has 0 bridgehead atoms. The molecule has 1 heteroatoms. The van der Waals surface area contributed by atoms with Gasteiger partial charge in [0.2, 0.25) is 0 Å². The molecule has 282 valence electrons. The second-order valence-electron chi connectivity index (χ2n) is 15.6. The van der Waals surface area contributed by atoms with Crippen LogP contribution in [0.5, 0.6) is 0 Å². The van der Waals surface area contributed by atoms with Crippen LogP contribution in [0.3, 0.4) is 0 Å². The zero-order valence-electron chi connectivity index (χ0n) is 33.1. The molecule has 0 unspecified atom stereocenters. The minimum absolute atomic E-state index is 0.444. The second-order valence-corrected chi connectivity index (χ2v) is 15.6. The van der Waals surface area contributed by atoms with E-state index in [1.54, 1.807) is 0 Å². The maximum absolute atomic E-state index is 2.41. The van der Waals surface area contributed by atoms with Crippen LogP contribution in [0.15, 0.2) is 249 Å². The highest BCUT2D eigenvalue weighted by atomic mass is 15.1. The molecular weight excluding hydrogens is 723 g/mol. The van der Waals surface area contributed by atoms with Crippen LogP contribution in [0.4, 0.5) is 17.1 Å². The van der Waals surface area contributed by atoms with Crippen LogP contribution in [-0.2, 0) is 5.41 Å². The fourth-order valence-corrected chi connectivity index (χ4v) is 9.85. The van der Waals surface area contributed by atoms with E-state index in [9.17, 15) is 0 Å². The Bertz CT molecular complexity index is 3070. The molecule has 10 aromatic carbocycles. The van der Waals surface area contributed by atoms with Gasteiger partial charge in [-0.05, 0) is 102 Å². The molecule has 0 saturated carbocycles. The summed E-state index contributed by atoms with van der Waals surface area (Å²) in [6.07, 6.45) is 0. The molecule has 11 rings (SSSR count). The number of hydrogen-bond acceptors (Lipinski definition) is 1. The van der Waals surface area contributed by atoms with Gasteiger partial charge in [0.05, 0.1) is 11.1 Å². The van der Waals surface area contributed by atoms with Gasteiger partial charge in [-0.15, -0.1) is 0 Å². The van der Waals surface area contributed by atoms with E-state index in [4.69, 9.17) is 0 Å². The molecular formula is C59H41N. The highest BCUT2D eigenvalue weighted by molar-refractivity contribution is 6.09.